The third-order valence-electron chi connectivity index (χ3n) is 6.76. The van der Waals surface area contributed by atoms with Gasteiger partial charge in [-0.1, -0.05) is 42.1 Å². The summed E-state index contributed by atoms with van der Waals surface area (Å²) in [6.45, 7) is 4.20. The Kier molecular flexibility index (Phi) is 10.2. The molecule has 0 aromatic heterocycles. The molecule has 12 heteroatoms. The molecule has 44 heavy (non-hydrogen) atoms. The zero-order valence-electron chi connectivity index (χ0n) is 25.3. The SMILES string of the molecule is CCNc1ccc(NC(=O)CN(C)C)cc1N=C1S/C(=C2\Sc3ccc(OCCN)cc3N2C)C(=O)N1Cc1ccccc1. The van der Waals surface area contributed by atoms with Gasteiger partial charge in [0.05, 0.1) is 35.2 Å². The number of amides is 2. The molecule has 2 aliphatic heterocycles. The summed E-state index contributed by atoms with van der Waals surface area (Å²) in [5.41, 5.74) is 9.66. The molecule has 3 aromatic carbocycles. The van der Waals surface area contributed by atoms with Gasteiger partial charge in [-0.3, -0.25) is 14.5 Å². The zero-order valence-corrected chi connectivity index (χ0v) is 26.9. The molecule has 0 unspecified atom stereocenters. The molecule has 0 saturated carbocycles. The van der Waals surface area contributed by atoms with Crippen molar-refractivity contribution in [3.05, 3.63) is 82.2 Å². The summed E-state index contributed by atoms with van der Waals surface area (Å²) in [5.74, 6) is 0.505. The summed E-state index contributed by atoms with van der Waals surface area (Å²) in [5, 5.41) is 7.71. The van der Waals surface area contributed by atoms with Crippen LogP contribution in [0.15, 0.2) is 86.6 Å². The molecule has 5 rings (SSSR count). The summed E-state index contributed by atoms with van der Waals surface area (Å²) in [4.78, 5) is 38.9. The maximum absolute atomic E-state index is 14.1. The molecule has 3 aromatic rings. The van der Waals surface area contributed by atoms with Crippen molar-refractivity contribution >= 4 is 63.3 Å². The van der Waals surface area contributed by atoms with Crippen LogP contribution in [0, 0.1) is 0 Å². The van der Waals surface area contributed by atoms with Crippen molar-refractivity contribution in [1.29, 1.82) is 0 Å². The van der Waals surface area contributed by atoms with Crippen LogP contribution in [0.5, 0.6) is 5.75 Å². The first-order valence-electron chi connectivity index (χ1n) is 14.3. The minimum Gasteiger partial charge on any atom is -0.492 e. The highest BCUT2D eigenvalue weighted by Gasteiger charge is 2.39. The minimum atomic E-state index is -0.120. The average molecular weight is 632 g/mol. The second-order valence-electron chi connectivity index (χ2n) is 10.5. The van der Waals surface area contributed by atoms with E-state index in [1.807, 2.05) is 105 Å². The lowest BCUT2D eigenvalue weighted by Crippen LogP contribution is -2.29. The number of fused-ring (bicyclic) bond motifs is 1. The number of benzene rings is 3. The molecule has 0 radical (unpaired) electrons. The molecule has 2 heterocycles. The quantitative estimate of drug-likeness (QED) is 0.248. The number of hydrogen-bond acceptors (Lipinski definition) is 10. The molecule has 0 bridgehead atoms. The van der Waals surface area contributed by atoms with Crippen LogP contribution < -0.4 is 26.0 Å². The Morgan fingerprint density at radius 1 is 1.07 bits per heavy atom. The summed E-state index contributed by atoms with van der Waals surface area (Å²) in [6.07, 6.45) is 0. The number of anilines is 3. The van der Waals surface area contributed by atoms with Crippen molar-refractivity contribution in [2.24, 2.45) is 10.7 Å². The van der Waals surface area contributed by atoms with Gasteiger partial charge in [0.2, 0.25) is 5.91 Å². The first-order chi connectivity index (χ1) is 21.3. The molecule has 230 valence electrons. The zero-order chi connectivity index (χ0) is 31.2. The normalized spacial score (nSPS) is 17.0. The Labute approximate surface area is 266 Å². The van der Waals surface area contributed by atoms with Crippen LogP contribution in [0.25, 0.3) is 0 Å². The molecule has 2 aliphatic rings. The second-order valence-corrected chi connectivity index (χ2v) is 12.5. The third-order valence-corrected chi connectivity index (χ3v) is 9.19. The summed E-state index contributed by atoms with van der Waals surface area (Å²) in [7, 11) is 5.65. The molecule has 1 saturated heterocycles. The van der Waals surface area contributed by atoms with Crippen molar-refractivity contribution in [1.82, 2.24) is 9.80 Å². The number of thioether (sulfide) groups is 2. The lowest BCUT2D eigenvalue weighted by atomic mass is 10.2. The van der Waals surface area contributed by atoms with E-state index in [0.29, 0.717) is 47.7 Å². The van der Waals surface area contributed by atoms with Crippen LogP contribution in [0.2, 0.25) is 0 Å². The topological polar surface area (TPSA) is 116 Å². The van der Waals surface area contributed by atoms with Crippen molar-refractivity contribution in [3.63, 3.8) is 0 Å². The van der Waals surface area contributed by atoms with Crippen molar-refractivity contribution in [3.8, 4) is 5.75 Å². The molecule has 0 atom stereocenters. The van der Waals surface area contributed by atoms with Gasteiger partial charge in [0, 0.05) is 36.8 Å². The number of amidine groups is 1. The fourth-order valence-corrected chi connectivity index (χ4v) is 7.06. The van der Waals surface area contributed by atoms with E-state index in [4.69, 9.17) is 15.5 Å². The Morgan fingerprint density at radius 2 is 1.86 bits per heavy atom. The van der Waals surface area contributed by atoms with Crippen LogP contribution in [-0.2, 0) is 16.1 Å². The Balaban J connectivity index is 1.53. The maximum atomic E-state index is 14.1. The van der Waals surface area contributed by atoms with E-state index in [-0.39, 0.29) is 18.4 Å². The average Bonchev–Trinajstić information content (AvgIpc) is 3.48. The summed E-state index contributed by atoms with van der Waals surface area (Å²) >= 11 is 2.92. The lowest BCUT2D eigenvalue weighted by Gasteiger charge is -2.18. The van der Waals surface area contributed by atoms with Gasteiger partial charge in [0.15, 0.2) is 5.17 Å². The van der Waals surface area contributed by atoms with Crippen molar-refractivity contribution in [2.75, 3.05) is 62.9 Å². The Bertz CT molecular complexity index is 1590. The van der Waals surface area contributed by atoms with Gasteiger partial charge >= 0.3 is 0 Å². The van der Waals surface area contributed by atoms with Crippen LogP contribution >= 0.6 is 23.5 Å². The lowest BCUT2D eigenvalue weighted by molar-refractivity contribution is -0.122. The van der Waals surface area contributed by atoms with E-state index in [2.05, 4.69) is 10.6 Å². The number of nitrogens with zero attached hydrogens (tertiary/aromatic N) is 4. The highest BCUT2D eigenvalue weighted by atomic mass is 32.2. The fraction of sp³-hybridized carbons (Fsp3) is 0.281. The Hall–Kier alpha value is -3.97. The summed E-state index contributed by atoms with van der Waals surface area (Å²) < 4.78 is 5.75. The van der Waals surface area contributed by atoms with Gasteiger partial charge in [0.1, 0.15) is 17.3 Å². The number of rotatable bonds is 11. The van der Waals surface area contributed by atoms with Crippen molar-refractivity contribution < 1.29 is 14.3 Å². The van der Waals surface area contributed by atoms with Gasteiger partial charge in [-0.15, -0.1) is 0 Å². The van der Waals surface area contributed by atoms with E-state index in [0.717, 1.165) is 32.6 Å². The minimum absolute atomic E-state index is 0.111. The number of nitrogens with two attached hydrogens (primary N) is 1. The highest BCUT2D eigenvalue weighted by Crippen LogP contribution is 2.51. The van der Waals surface area contributed by atoms with E-state index >= 15 is 0 Å². The van der Waals surface area contributed by atoms with E-state index in [9.17, 15) is 9.59 Å². The third kappa shape index (κ3) is 7.21. The first-order valence-corrected chi connectivity index (χ1v) is 16.0. The predicted octanol–water partition coefficient (Wildman–Crippen LogP) is 5.13. The van der Waals surface area contributed by atoms with E-state index in [1.54, 1.807) is 16.7 Å². The molecule has 0 spiro atoms. The van der Waals surface area contributed by atoms with Gasteiger partial charge < -0.3 is 30.9 Å². The molecule has 0 aliphatic carbocycles. The fourth-order valence-electron chi connectivity index (χ4n) is 4.75. The number of carbonyl (C=O) groups is 2. The number of likely N-dealkylation sites (N-methyl/N-ethyl adjacent to an activating group) is 1. The molecule has 2 amide bonds. The number of carbonyl (C=O) groups excluding carboxylic acids is 2. The maximum Gasteiger partial charge on any atom is 0.269 e. The van der Waals surface area contributed by atoms with Gasteiger partial charge in [-0.25, -0.2) is 4.99 Å². The number of ether oxygens (including phenoxy) is 1. The van der Waals surface area contributed by atoms with E-state index in [1.165, 1.54) is 11.8 Å². The number of nitrogens with one attached hydrogen (secondary N) is 2. The number of hydrogen-bond donors (Lipinski definition) is 3. The first kappa shape index (κ1) is 31.5. The van der Waals surface area contributed by atoms with Gasteiger partial charge in [-0.05, 0) is 68.7 Å². The standard InChI is InChI=1S/C32H37N7O3S2/c1-5-34-24-13-11-22(35-28(40)20-37(2)3)17-25(24)36-32-39(19-21-9-7-6-8-10-21)30(41)29(44-32)31-38(4)26-18-23(42-16-15-33)12-14-27(26)43-31/h6-14,17-18,34H,5,15-16,19-20,33H2,1-4H3,(H,35,40)/b31-29-,36-32?. The molecule has 1 fully saturated rings. The van der Waals surface area contributed by atoms with Crippen LogP contribution in [-0.4, -0.2) is 74.2 Å². The molecular formula is C32H37N7O3S2. The van der Waals surface area contributed by atoms with Gasteiger partial charge in [0.25, 0.3) is 5.91 Å². The monoisotopic (exact) mass is 631 g/mol. The predicted molar refractivity (Wildman–Crippen MR) is 182 cm³/mol. The molecule has 4 N–H and O–H groups in total. The van der Waals surface area contributed by atoms with E-state index < -0.39 is 0 Å². The van der Waals surface area contributed by atoms with Gasteiger partial charge in [-0.2, -0.15) is 0 Å². The number of aliphatic imine (C=N–C) groups is 1. The van der Waals surface area contributed by atoms with Crippen molar-refractivity contribution in [2.45, 2.75) is 18.4 Å². The summed E-state index contributed by atoms with van der Waals surface area (Å²) in [6, 6.07) is 21.4. The molecule has 10 nitrogen and oxygen atoms in total. The van der Waals surface area contributed by atoms with Crippen LogP contribution in [0.4, 0.5) is 22.7 Å². The second kappa shape index (κ2) is 14.2. The van der Waals surface area contributed by atoms with Crippen LogP contribution in [0.3, 0.4) is 0 Å². The largest absolute Gasteiger partial charge is 0.492 e. The Morgan fingerprint density at radius 3 is 2.59 bits per heavy atom. The smallest absolute Gasteiger partial charge is 0.269 e. The molecular weight excluding hydrogens is 595 g/mol. The highest BCUT2D eigenvalue weighted by molar-refractivity contribution is 8.19. The van der Waals surface area contributed by atoms with Crippen LogP contribution in [0.1, 0.15) is 12.5 Å².